The van der Waals surface area contributed by atoms with Crippen molar-refractivity contribution < 1.29 is 5.11 Å². The fourth-order valence-electron chi connectivity index (χ4n) is 0.996. The lowest BCUT2D eigenvalue weighted by Crippen LogP contribution is -2.07. The number of halogens is 4. The standard InChI is InChI=1S/C10H10Cl4OS/c1-10(2,3)16-9-6(13)4(11)8(15)5(12)7(9)14/h15H,1-3H3. The monoisotopic (exact) mass is 318 g/mol. The number of aromatic hydroxyl groups is 1. The summed E-state index contributed by atoms with van der Waals surface area (Å²) in [5.41, 5.74) is 0. The van der Waals surface area contributed by atoms with Crippen LogP contribution in [0.5, 0.6) is 5.75 Å². The highest BCUT2D eigenvalue weighted by atomic mass is 35.5. The molecule has 0 aliphatic carbocycles. The molecule has 0 saturated carbocycles. The second kappa shape index (κ2) is 5.03. The van der Waals surface area contributed by atoms with Crippen molar-refractivity contribution in [3.8, 4) is 5.75 Å². The van der Waals surface area contributed by atoms with E-state index in [0.717, 1.165) is 0 Å². The van der Waals surface area contributed by atoms with Crippen LogP contribution in [-0.4, -0.2) is 9.85 Å². The van der Waals surface area contributed by atoms with E-state index in [0.29, 0.717) is 4.90 Å². The molecule has 1 aromatic rings. The van der Waals surface area contributed by atoms with Gasteiger partial charge in [0.25, 0.3) is 0 Å². The first kappa shape index (κ1) is 14.6. The van der Waals surface area contributed by atoms with Gasteiger partial charge in [-0.2, -0.15) is 0 Å². The van der Waals surface area contributed by atoms with Crippen molar-refractivity contribution in [1.82, 2.24) is 0 Å². The Hall–Kier alpha value is 0.530. The van der Waals surface area contributed by atoms with Crippen LogP contribution in [0.1, 0.15) is 20.8 Å². The lowest BCUT2D eigenvalue weighted by Gasteiger charge is -2.20. The van der Waals surface area contributed by atoms with Crippen LogP contribution < -0.4 is 0 Å². The van der Waals surface area contributed by atoms with Crippen LogP contribution in [0.2, 0.25) is 20.1 Å². The number of rotatable bonds is 1. The number of benzene rings is 1. The summed E-state index contributed by atoms with van der Waals surface area (Å²) in [7, 11) is 0. The highest BCUT2D eigenvalue weighted by Gasteiger charge is 2.24. The zero-order valence-corrected chi connectivity index (χ0v) is 12.7. The summed E-state index contributed by atoms with van der Waals surface area (Å²) in [6.07, 6.45) is 0. The van der Waals surface area contributed by atoms with Crippen molar-refractivity contribution in [2.75, 3.05) is 0 Å². The number of hydrogen-bond donors (Lipinski definition) is 1. The molecule has 6 heteroatoms. The normalized spacial score (nSPS) is 11.9. The Morgan fingerprint density at radius 2 is 1.25 bits per heavy atom. The van der Waals surface area contributed by atoms with E-state index in [-0.39, 0.29) is 30.6 Å². The number of hydrogen-bond acceptors (Lipinski definition) is 2. The van der Waals surface area contributed by atoms with Crippen molar-refractivity contribution in [1.29, 1.82) is 0 Å². The number of phenolic OH excluding ortho intramolecular Hbond substituents is 1. The van der Waals surface area contributed by atoms with Crippen LogP contribution in [0.4, 0.5) is 0 Å². The molecule has 1 nitrogen and oxygen atoms in total. The molecular weight excluding hydrogens is 310 g/mol. The van der Waals surface area contributed by atoms with E-state index in [4.69, 9.17) is 46.4 Å². The van der Waals surface area contributed by atoms with Gasteiger partial charge < -0.3 is 5.11 Å². The maximum atomic E-state index is 9.55. The predicted octanol–water partition coefficient (Wildman–Crippen LogP) is 5.90. The minimum absolute atomic E-state index is 0.0304. The SMILES string of the molecule is CC(C)(C)Sc1c(Cl)c(Cl)c(O)c(Cl)c1Cl. The third kappa shape index (κ3) is 3.05. The summed E-state index contributed by atoms with van der Waals surface area (Å²) >= 11 is 25.2. The van der Waals surface area contributed by atoms with Gasteiger partial charge in [0.05, 0.1) is 10.0 Å². The third-order valence-electron chi connectivity index (χ3n) is 1.61. The molecule has 0 radical (unpaired) electrons. The van der Waals surface area contributed by atoms with Crippen molar-refractivity contribution in [3.63, 3.8) is 0 Å². The lowest BCUT2D eigenvalue weighted by atomic mass is 10.3. The molecule has 0 spiro atoms. The predicted molar refractivity (Wildman–Crippen MR) is 73.8 cm³/mol. The van der Waals surface area contributed by atoms with Crippen LogP contribution in [-0.2, 0) is 0 Å². The largest absolute Gasteiger partial charge is 0.505 e. The first-order valence-electron chi connectivity index (χ1n) is 4.39. The molecule has 16 heavy (non-hydrogen) atoms. The molecule has 0 fully saturated rings. The molecule has 0 aliphatic heterocycles. The first-order chi connectivity index (χ1) is 7.15. The van der Waals surface area contributed by atoms with Crippen LogP contribution in [0, 0.1) is 0 Å². The Morgan fingerprint density at radius 3 is 1.56 bits per heavy atom. The van der Waals surface area contributed by atoms with Crippen LogP contribution in [0.3, 0.4) is 0 Å². The van der Waals surface area contributed by atoms with Gasteiger partial charge in [0, 0.05) is 9.64 Å². The molecule has 0 saturated heterocycles. The van der Waals surface area contributed by atoms with Gasteiger partial charge >= 0.3 is 0 Å². The van der Waals surface area contributed by atoms with Gasteiger partial charge in [0.1, 0.15) is 10.0 Å². The zero-order chi connectivity index (χ0) is 12.7. The summed E-state index contributed by atoms with van der Waals surface area (Å²) in [6, 6.07) is 0. The summed E-state index contributed by atoms with van der Waals surface area (Å²) in [5.74, 6) is -0.281. The minimum atomic E-state index is -0.281. The van der Waals surface area contributed by atoms with Gasteiger partial charge in [-0.05, 0) is 0 Å². The second-order valence-corrected chi connectivity index (χ2v) is 7.50. The quantitative estimate of drug-likeness (QED) is 0.514. The van der Waals surface area contributed by atoms with Crippen molar-refractivity contribution in [3.05, 3.63) is 20.1 Å². The maximum absolute atomic E-state index is 9.55. The zero-order valence-electron chi connectivity index (χ0n) is 8.87. The molecule has 0 atom stereocenters. The molecule has 0 heterocycles. The van der Waals surface area contributed by atoms with Gasteiger partial charge in [-0.3, -0.25) is 0 Å². The number of phenols is 1. The average Bonchev–Trinajstić information content (AvgIpc) is 2.17. The van der Waals surface area contributed by atoms with E-state index in [9.17, 15) is 5.11 Å². The van der Waals surface area contributed by atoms with Gasteiger partial charge in [-0.25, -0.2) is 0 Å². The third-order valence-corrected chi connectivity index (χ3v) is 4.74. The summed E-state index contributed by atoms with van der Waals surface area (Å²) in [4.78, 5) is 0.587. The molecule has 0 amide bonds. The maximum Gasteiger partial charge on any atom is 0.155 e. The van der Waals surface area contributed by atoms with E-state index in [2.05, 4.69) is 0 Å². The smallest absolute Gasteiger partial charge is 0.155 e. The fourth-order valence-corrected chi connectivity index (χ4v) is 3.18. The van der Waals surface area contributed by atoms with Gasteiger partial charge in [-0.15, -0.1) is 11.8 Å². The molecule has 1 aromatic carbocycles. The lowest BCUT2D eigenvalue weighted by molar-refractivity contribution is 0.475. The molecule has 0 bridgehead atoms. The van der Waals surface area contributed by atoms with Crippen molar-refractivity contribution in [2.24, 2.45) is 0 Å². The summed E-state index contributed by atoms with van der Waals surface area (Å²) in [5, 5.41) is 10.1. The molecule has 0 aliphatic rings. The highest BCUT2D eigenvalue weighted by molar-refractivity contribution is 8.00. The topological polar surface area (TPSA) is 20.2 Å². The van der Waals surface area contributed by atoms with E-state index < -0.39 is 0 Å². The molecule has 90 valence electrons. The number of thioether (sulfide) groups is 1. The van der Waals surface area contributed by atoms with Crippen molar-refractivity contribution in [2.45, 2.75) is 30.4 Å². The van der Waals surface area contributed by atoms with Gasteiger partial charge in [-0.1, -0.05) is 67.2 Å². The molecule has 1 N–H and O–H groups in total. The van der Waals surface area contributed by atoms with Crippen LogP contribution >= 0.6 is 58.2 Å². The van der Waals surface area contributed by atoms with Gasteiger partial charge in [0.2, 0.25) is 0 Å². The Balaban J connectivity index is 3.40. The van der Waals surface area contributed by atoms with E-state index in [1.807, 2.05) is 20.8 Å². The summed E-state index contributed by atoms with van der Waals surface area (Å²) < 4.78 is -0.0864. The molecule has 0 aromatic heterocycles. The Morgan fingerprint density at radius 1 is 0.875 bits per heavy atom. The second-order valence-electron chi connectivity index (χ2n) is 4.15. The molecule has 1 rings (SSSR count). The van der Waals surface area contributed by atoms with E-state index >= 15 is 0 Å². The Bertz CT molecular complexity index is 397. The van der Waals surface area contributed by atoms with Crippen molar-refractivity contribution >= 4 is 58.2 Å². The minimum Gasteiger partial charge on any atom is -0.505 e. The van der Waals surface area contributed by atoms with E-state index in [1.165, 1.54) is 11.8 Å². The Labute approximate surface area is 119 Å². The molecule has 0 unspecified atom stereocenters. The average molecular weight is 320 g/mol. The highest BCUT2D eigenvalue weighted by Crippen LogP contribution is 2.51. The molecular formula is C10H10Cl4OS. The summed E-state index contributed by atoms with van der Waals surface area (Å²) in [6.45, 7) is 6.04. The van der Waals surface area contributed by atoms with Crippen LogP contribution in [0.25, 0.3) is 0 Å². The first-order valence-corrected chi connectivity index (χ1v) is 6.72. The van der Waals surface area contributed by atoms with E-state index in [1.54, 1.807) is 0 Å². The fraction of sp³-hybridized carbons (Fsp3) is 0.400. The Kier molecular flexibility index (Phi) is 4.59. The van der Waals surface area contributed by atoms with Crippen LogP contribution in [0.15, 0.2) is 4.90 Å². The van der Waals surface area contributed by atoms with Gasteiger partial charge in [0.15, 0.2) is 5.75 Å².